The van der Waals surface area contributed by atoms with Gasteiger partial charge in [-0.1, -0.05) is 0 Å². The molecule has 2 bridgehead atoms. The summed E-state index contributed by atoms with van der Waals surface area (Å²) in [4.78, 5) is 11.5. The summed E-state index contributed by atoms with van der Waals surface area (Å²) in [7, 11) is 0. The van der Waals surface area contributed by atoms with Crippen LogP contribution in [0.5, 0.6) is 0 Å². The lowest BCUT2D eigenvalue weighted by atomic mass is 9.61. The molecule has 0 radical (unpaired) electrons. The highest BCUT2D eigenvalue weighted by atomic mass is 16.6. The molecule has 0 aromatic rings. The molecule has 3 rings (SSSR count). The zero-order valence-electron chi connectivity index (χ0n) is 10.3. The second kappa shape index (κ2) is 3.91. The van der Waals surface area contributed by atoms with Gasteiger partial charge in [-0.05, 0) is 39.5 Å². The minimum Gasteiger partial charge on any atom is -0.444 e. The van der Waals surface area contributed by atoms with Crippen LogP contribution in [0.1, 0.15) is 33.6 Å². The molecule has 2 saturated heterocycles. The zero-order chi connectivity index (χ0) is 11.8. The van der Waals surface area contributed by atoms with Gasteiger partial charge in [0.05, 0.1) is 6.61 Å². The van der Waals surface area contributed by atoms with Crippen LogP contribution in [0.4, 0.5) is 4.79 Å². The molecule has 1 aliphatic carbocycles. The van der Waals surface area contributed by atoms with Crippen molar-refractivity contribution in [2.75, 3.05) is 19.8 Å². The topological polar surface area (TPSA) is 47.6 Å². The molecule has 0 aromatic heterocycles. The molecular weight excluding hydrogens is 206 g/mol. The number of fused-ring (bicyclic) bond motifs is 2. The first-order chi connectivity index (χ1) is 7.39. The normalized spacial score (nSPS) is 32.8. The van der Waals surface area contributed by atoms with Gasteiger partial charge < -0.3 is 14.8 Å². The fourth-order valence-corrected chi connectivity index (χ4v) is 2.61. The first-order valence-electron chi connectivity index (χ1n) is 5.93. The molecule has 4 nitrogen and oxygen atoms in total. The van der Waals surface area contributed by atoms with E-state index in [2.05, 4.69) is 5.32 Å². The van der Waals surface area contributed by atoms with E-state index in [0.717, 1.165) is 13.2 Å². The molecule has 3 aliphatic rings. The lowest BCUT2D eigenvalue weighted by Crippen LogP contribution is -2.54. The monoisotopic (exact) mass is 227 g/mol. The third-order valence-corrected chi connectivity index (χ3v) is 3.21. The van der Waals surface area contributed by atoms with Gasteiger partial charge in [0.25, 0.3) is 0 Å². The number of nitrogens with one attached hydrogen (secondary N) is 1. The molecule has 1 saturated carbocycles. The van der Waals surface area contributed by atoms with Gasteiger partial charge in [0, 0.05) is 18.6 Å². The van der Waals surface area contributed by atoms with E-state index in [4.69, 9.17) is 9.47 Å². The van der Waals surface area contributed by atoms with E-state index in [1.807, 2.05) is 20.8 Å². The van der Waals surface area contributed by atoms with Crippen LogP contribution in [-0.2, 0) is 9.47 Å². The van der Waals surface area contributed by atoms with Crippen molar-refractivity contribution < 1.29 is 14.3 Å². The highest BCUT2D eigenvalue weighted by Gasteiger charge is 2.48. The van der Waals surface area contributed by atoms with Crippen LogP contribution in [0, 0.1) is 11.3 Å². The van der Waals surface area contributed by atoms with E-state index >= 15 is 0 Å². The van der Waals surface area contributed by atoms with Gasteiger partial charge in [-0.3, -0.25) is 0 Å². The van der Waals surface area contributed by atoms with E-state index < -0.39 is 5.60 Å². The summed E-state index contributed by atoms with van der Waals surface area (Å²) >= 11 is 0. The standard InChI is InChI=1S/C12H21NO3/c1-11(2,3)16-10(14)13-7-12-4-9(5-12)6-15-8-12/h9H,4-8H2,1-3H3,(H,13,14). The van der Waals surface area contributed by atoms with Crippen molar-refractivity contribution in [1.82, 2.24) is 5.32 Å². The van der Waals surface area contributed by atoms with E-state index in [0.29, 0.717) is 12.5 Å². The Bertz CT molecular complexity index is 271. The molecular formula is C12H21NO3. The maximum atomic E-state index is 11.5. The van der Waals surface area contributed by atoms with Crippen LogP contribution in [0.25, 0.3) is 0 Å². The molecule has 3 fully saturated rings. The smallest absolute Gasteiger partial charge is 0.407 e. The molecule has 1 amide bonds. The largest absolute Gasteiger partial charge is 0.444 e. The fraction of sp³-hybridized carbons (Fsp3) is 0.917. The summed E-state index contributed by atoms with van der Waals surface area (Å²) in [6, 6.07) is 0. The average Bonchev–Trinajstić information content (AvgIpc) is 2.12. The van der Waals surface area contributed by atoms with Crippen LogP contribution in [0.15, 0.2) is 0 Å². The summed E-state index contributed by atoms with van der Waals surface area (Å²) in [5.74, 6) is 0.717. The van der Waals surface area contributed by atoms with Gasteiger partial charge in [0.2, 0.25) is 0 Å². The second-order valence-electron chi connectivity index (χ2n) is 6.14. The van der Waals surface area contributed by atoms with Gasteiger partial charge in [0.15, 0.2) is 0 Å². The number of hydrogen-bond donors (Lipinski definition) is 1. The van der Waals surface area contributed by atoms with E-state index in [1.54, 1.807) is 0 Å². The van der Waals surface area contributed by atoms with Gasteiger partial charge in [-0.25, -0.2) is 4.79 Å². The fourth-order valence-electron chi connectivity index (χ4n) is 2.61. The number of carbonyl (C=O) groups excluding carboxylic acids is 1. The minimum atomic E-state index is -0.424. The molecule has 2 heterocycles. The van der Waals surface area contributed by atoms with Crippen molar-refractivity contribution >= 4 is 6.09 Å². The Kier molecular flexibility index (Phi) is 2.86. The van der Waals surface area contributed by atoms with Crippen molar-refractivity contribution in [3.63, 3.8) is 0 Å². The molecule has 92 valence electrons. The summed E-state index contributed by atoms with van der Waals surface area (Å²) < 4.78 is 10.7. The van der Waals surface area contributed by atoms with Crippen molar-refractivity contribution in [1.29, 1.82) is 0 Å². The van der Waals surface area contributed by atoms with Crippen LogP contribution in [0.2, 0.25) is 0 Å². The van der Waals surface area contributed by atoms with Gasteiger partial charge >= 0.3 is 6.09 Å². The predicted octanol–water partition coefficient (Wildman–Crippen LogP) is 1.94. The summed E-state index contributed by atoms with van der Waals surface area (Å²) in [6.45, 7) is 7.96. The van der Waals surface area contributed by atoms with E-state index in [-0.39, 0.29) is 11.5 Å². The Morgan fingerprint density at radius 3 is 2.69 bits per heavy atom. The van der Waals surface area contributed by atoms with Gasteiger partial charge in [-0.15, -0.1) is 0 Å². The lowest BCUT2D eigenvalue weighted by molar-refractivity contribution is -0.128. The third-order valence-electron chi connectivity index (χ3n) is 3.21. The lowest BCUT2D eigenvalue weighted by Gasteiger charge is -2.51. The maximum Gasteiger partial charge on any atom is 0.407 e. The molecule has 0 aromatic carbocycles. The Labute approximate surface area is 96.7 Å². The van der Waals surface area contributed by atoms with Gasteiger partial charge in [-0.2, -0.15) is 0 Å². The maximum absolute atomic E-state index is 11.5. The first-order valence-corrected chi connectivity index (χ1v) is 5.93. The summed E-state index contributed by atoms with van der Waals surface area (Å²) in [6.07, 6.45) is 2.04. The Morgan fingerprint density at radius 2 is 2.19 bits per heavy atom. The number of ether oxygens (including phenoxy) is 2. The van der Waals surface area contributed by atoms with E-state index in [9.17, 15) is 4.79 Å². The Balaban J connectivity index is 1.73. The van der Waals surface area contributed by atoms with Crippen LogP contribution in [0.3, 0.4) is 0 Å². The molecule has 4 heteroatoms. The first kappa shape index (κ1) is 11.7. The predicted molar refractivity (Wildman–Crippen MR) is 60.2 cm³/mol. The molecule has 0 spiro atoms. The van der Waals surface area contributed by atoms with Crippen molar-refractivity contribution in [2.24, 2.45) is 11.3 Å². The minimum absolute atomic E-state index is 0.194. The third kappa shape index (κ3) is 2.67. The number of alkyl carbamates (subject to hydrolysis) is 1. The van der Waals surface area contributed by atoms with Crippen LogP contribution < -0.4 is 5.32 Å². The SMILES string of the molecule is CC(C)(C)OC(=O)NCC12COCC(C1)C2. The highest BCUT2D eigenvalue weighted by molar-refractivity contribution is 5.67. The zero-order valence-corrected chi connectivity index (χ0v) is 10.3. The van der Waals surface area contributed by atoms with Crippen LogP contribution >= 0.6 is 0 Å². The second-order valence-corrected chi connectivity index (χ2v) is 6.14. The number of carbonyl (C=O) groups is 1. The summed E-state index contributed by atoms with van der Waals surface area (Å²) in [5, 5.41) is 2.85. The van der Waals surface area contributed by atoms with Crippen molar-refractivity contribution in [2.45, 2.75) is 39.2 Å². The highest BCUT2D eigenvalue weighted by Crippen LogP contribution is 2.49. The van der Waals surface area contributed by atoms with E-state index in [1.165, 1.54) is 12.8 Å². The molecule has 2 aliphatic heterocycles. The molecule has 16 heavy (non-hydrogen) atoms. The van der Waals surface area contributed by atoms with Gasteiger partial charge in [0.1, 0.15) is 5.60 Å². The quantitative estimate of drug-likeness (QED) is 0.784. The molecule has 0 atom stereocenters. The Hall–Kier alpha value is -0.770. The van der Waals surface area contributed by atoms with Crippen molar-refractivity contribution in [3.8, 4) is 0 Å². The summed E-state index contributed by atoms with van der Waals surface area (Å²) in [5.41, 5.74) is -0.229. The number of amides is 1. The number of rotatable bonds is 2. The average molecular weight is 227 g/mol. The van der Waals surface area contributed by atoms with Crippen molar-refractivity contribution in [3.05, 3.63) is 0 Å². The molecule has 0 unspecified atom stereocenters. The number of hydrogen-bond acceptors (Lipinski definition) is 3. The molecule has 1 N–H and O–H groups in total. The Morgan fingerprint density at radius 1 is 1.50 bits per heavy atom. The van der Waals surface area contributed by atoms with Crippen LogP contribution in [-0.4, -0.2) is 31.5 Å².